The van der Waals surface area contributed by atoms with E-state index in [0.29, 0.717) is 5.82 Å². The Balaban J connectivity index is 0.000000117. The summed E-state index contributed by atoms with van der Waals surface area (Å²) in [4.78, 5) is 68.6. The first-order chi connectivity index (χ1) is 71.8. The molecule has 149 heavy (non-hydrogen) atoms. The number of anilines is 13. The van der Waals surface area contributed by atoms with Gasteiger partial charge in [0.25, 0.3) is 0 Å². The quantitative estimate of drug-likeness (QED) is 0.0413. The number of thiazole rings is 6. The molecule has 0 radical (unpaired) electrons. The van der Waals surface area contributed by atoms with Gasteiger partial charge in [-0.25, -0.2) is 34.9 Å². The van der Waals surface area contributed by atoms with E-state index < -0.39 is 0 Å². The molecular weight excluding hydrogens is 1970 g/mol. The van der Waals surface area contributed by atoms with Crippen molar-refractivity contribution in [3.63, 3.8) is 0 Å². The highest BCUT2D eigenvalue weighted by atomic mass is 32.1. The third-order valence-electron chi connectivity index (χ3n) is 23.1. The number of fused-ring (bicyclic) bond motifs is 6. The van der Waals surface area contributed by atoms with Crippen LogP contribution in [0, 0.1) is 48.5 Å². The SMILES string of the molecule is C.C.COc1cncc(-c2ccc3nc(Nc4ccc(C)nn4)sc3c2)c1.Cc1cncc(-c2ccc3nc(Nc4ccc(C)nc4)sc3c2)c1.Cc1cncc(-c2ccc3nc(Nc4ccc(N5CCOCC5)nc4)sc3c2)c1.Cc1cncc(-c2ccc3nc(Nc4ccccc4)sc3c2)c1.Cc1cncc(-c2ccc3nc(Nc4ccncc4)sc3c2)c1.Cc1cncc(-c2ccc3nc(Nc4cnn(C)c4)sc3c2)c1. The van der Waals surface area contributed by atoms with Crippen LogP contribution in [0.4, 0.5) is 70.9 Å². The maximum atomic E-state index is 5.40. The van der Waals surface area contributed by atoms with Crippen molar-refractivity contribution in [2.24, 2.45) is 7.05 Å². The second kappa shape index (κ2) is 47.8. The zero-order valence-electron chi connectivity index (χ0n) is 81.3. The normalized spacial score (nSPS) is 11.4. The lowest BCUT2D eigenvalue weighted by Crippen LogP contribution is -2.36. The van der Waals surface area contributed by atoms with Gasteiger partial charge in [0.05, 0.1) is 129 Å². The second-order valence-corrected chi connectivity index (χ2v) is 40.8. The minimum absolute atomic E-state index is 0. The van der Waals surface area contributed by atoms with Crippen molar-refractivity contribution in [1.29, 1.82) is 0 Å². The lowest BCUT2D eigenvalue weighted by atomic mass is 10.1. The molecule has 1 fully saturated rings. The summed E-state index contributed by atoms with van der Waals surface area (Å²) in [6.45, 7) is 17.4. The molecule has 34 heteroatoms. The standard InChI is InChI=1S/C22H21N5OS.C19H16N4S.C19H15N3S.C18H15N5OS.C18H14N4S.C17H15N5S.2CH4/c1-15-10-17(13-23-12-15)16-2-4-19-20(11-16)29-22(26-19)25-18-3-5-21(24-14-18)27-6-8-28-9-7-27;1-12-7-15(10-20-9-12)14-4-6-17-18(8-14)24-19(23-17)22-16-5-3-13(2)21-11-16;1-13-9-15(12-20-11-13)14-7-8-17-18(10-14)23-19(22-17)21-16-5-3-2-4-6-16;1-11-3-6-17(23-22-11)21-18-20-15-5-4-12(8-16(15)25-18)13-7-14(24-2)10-19-9-13;1-12-8-14(11-20-10-12)13-2-3-16-17(9-13)23-18(22-16)21-15-4-6-19-7-5-15;1-11-5-13(8-18-7-11)12-3-4-15-16(6-12)23-17(21-15)20-14-9-19-22(2)10-14;;/h2-5,10-14H,6-9H2,1H3,(H,25,26);3-11H,1-2H3,(H,22,23);2-12H,1H3,(H,21,22);3-10H,1-2H3,(H,20,21,23);2-11H,1H3,(H,19,21,22);3-10H,1-2H3,(H,20,21);2*1H4. The van der Waals surface area contributed by atoms with Gasteiger partial charge in [-0.15, -0.1) is 5.10 Å². The highest BCUT2D eigenvalue weighted by Crippen LogP contribution is 2.41. The number of rotatable bonds is 20. The van der Waals surface area contributed by atoms with Crippen LogP contribution >= 0.6 is 68.0 Å². The molecular formula is C115H104N26O2S6. The van der Waals surface area contributed by atoms with Crippen molar-refractivity contribution in [3.05, 3.63) is 375 Å². The molecule has 18 heterocycles. The van der Waals surface area contributed by atoms with Gasteiger partial charge in [-0.2, -0.15) is 10.2 Å². The lowest BCUT2D eigenvalue weighted by molar-refractivity contribution is 0.122. The van der Waals surface area contributed by atoms with E-state index in [1.165, 1.54) is 15.8 Å². The van der Waals surface area contributed by atoms with Crippen LogP contribution in [-0.4, -0.2) is 128 Å². The number of hydrogen-bond donors (Lipinski definition) is 6. The number of methoxy groups -OCH3 is 1. The number of ether oxygens (including phenoxy) is 2. The summed E-state index contributed by atoms with van der Waals surface area (Å²) in [6, 6.07) is 76.3. The Kier molecular flexibility index (Phi) is 32.7. The van der Waals surface area contributed by atoms with Crippen molar-refractivity contribution in [1.82, 2.24) is 94.7 Å². The third kappa shape index (κ3) is 26.6. The van der Waals surface area contributed by atoms with Crippen LogP contribution in [0.5, 0.6) is 5.75 Å². The zero-order valence-corrected chi connectivity index (χ0v) is 86.2. The minimum atomic E-state index is 0. The first-order valence-electron chi connectivity index (χ1n) is 47.0. The topological polar surface area (TPSA) is 331 Å². The Morgan fingerprint density at radius 1 is 0.289 bits per heavy atom. The minimum Gasteiger partial charge on any atom is -0.495 e. The van der Waals surface area contributed by atoms with E-state index in [9.17, 15) is 0 Å². The number of nitrogens with one attached hydrogen (secondary N) is 6. The fourth-order valence-corrected chi connectivity index (χ4v) is 21.4. The van der Waals surface area contributed by atoms with Crippen molar-refractivity contribution < 1.29 is 9.47 Å². The summed E-state index contributed by atoms with van der Waals surface area (Å²) in [7, 11) is 3.53. The Morgan fingerprint density at radius 3 is 0.966 bits per heavy atom. The smallest absolute Gasteiger partial charge is 0.189 e. The number of hydrogen-bond acceptors (Lipinski definition) is 33. The monoisotopic (exact) mass is 2070 g/mol. The van der Waals surface area contributed by atoms with E-state index in [1.54, 1.807) is 105 Å². The van der Waals surface area contributed by atoms with Crippen LogP contribution in [0.3, 0.4) is 0 Å². The molecule has 0 saturated carbocycles. The number of pyridine rings is 9. The van der Waals surface area contributed by atoms with Gasteiger partial charge >= 0.3 is 0 Å². The van der Waals surface area contributed by atoms with E-state index in [-0.39, 0.29) is 14.9 Å². The van der Waals surface area contributed by atoms with Gasteiger partial charge in [0.2, 0.25) is 0 Å². The third-order valence-corrected chi connectivity index (χ3v) is 28.7. The van der Waals surface area contributed by atoms with E-state index >= 15 is 0 Å². The van der Waals surface area contributed by atoms with Gasteiger partial charge in [0.1, 0.15) is 11.6 Å². The predicted molar refractivity (Wildman–Crippen MR) is 617 cm³/mol. The van der Waals surface area contributed by atoms with Crippen LogP contribution in [0.2, 0.25) is 0 Å². The molecule has 25 rings (SSSR count). The molecule has 28 nitrogen and oxygen atoms in total. The Hall–Kier alpha value is -17.1. The van der Waals surface area contributed by atoms with Crippen molar-refractivity contribution in [3.8, 4) is 72.5 Å². The lowest BCUT2D eigenvalue weighted by Gasteiger charge is -2.27. The Labute approximate surface area is 885 Å². The molecule has 1 aliphatic rings. The van der Waals surface area contributed by atoms with Crippen LogP contribution in [0.15, 0.2) is 336 Å². The summed E-state index contributed by atoms with van der Waals surface area (Å²) >= 11 is 9.79. The Bertz CT molecular complexity index is 8510. The summed E-state index contributed by atoms with van der Waals surface area (Å²) in [6.07, 6.45) is 33.3. The highest BCUT2D eigenvalue weighted by molar-refractivity contribution is 7.24. The number of para-hydroxylation sites is 1. The molecule has 24 aromatic rings. The van der Waals surface area contributed by atoms with Gasteiger partial charge in [-0.05, 0) is 280 Å². The first-order valence-corrected chi connectivity index (χ1v) is 51.9. The molecule has 0 spiro atoms. The molecule has 1 aliphatic heterocycles. The number of aryl methyl sites for hydroxylation is 8. The molecule has 0 amide bonds. The maximum Gasteiger partial charge on any atom is 0.189 e. The summed E-state index contributed by atoms with van der Waals surface area (Å²) in [5.41, 5.74) is 32.0. The predicted octanol–water partition coefficient (Wildman–Crippen LogP) is 29.6. The summed E-state index contributed by atoms with van der Waals surface area (Å²) in [5.74, 6) is 2.41. The molecule has 6 N–H and O–H groups in total. The van der Waals surface area contributed by atoms with Gasteiger partial charge in [0, 0.05) is 157 Å². The summed E-state index contributed by atoms with van der Waals surface area (Å²) in [5, 5.41) is 37.4. The zero-order chi connectivity index (χ0) is 100. The molecule has 0 aliphatic carbocycles. The van der Waals surface area contributed by atoms with E-state index in [1.807, 2.05) is 205 Å². The number of benzene rings is 7. The highest BCUT2D eigenvalue weighted by Gasteiger charge is 2.18. The molecule has 0 bridgehead atoms. The number of nitrogens with zero attached hydrogens (tertiary/aromatic N) is 20. The van der Waals surface area contributed by atoms with Gasteiger partial charge in [-0.1, -0.05) is 137 Å². The fourth-order valence-electron chi connectivity index (χ4n) is 15.8. The molecule has 742 valence electrons. The van der Waals surface area contributed by atoms with Crippen molar-refractivity contribution in [2.75, 3.05) is 70.2 Å². The van der Waals surface area contributed by atoms with Crippen LogP contribution in [0.25, 0.3) is 128 Å². The molecule has 17 aromatic heterocycles. The van der Waals surface area contributed by atoms with Crippen molar-refractivity contribution >= 4 is 200 Å². The average molecular weight is 2070 g/mol. The van der Waals surface area contributed by atoms with E-state index in [4.69, 9.17) is 14.5 Å². The average Bonchev–Trinajstić information content (AvgIpc) is 1.70. The molecule has 1 saturated heterocycles. The van der Waals surface area contributed by atoms with E-state index in [2.05, 4.69) is 284 Å². The van der Waals surface area contributed by atoms with Crippen molar-refractivity contribution in [2.45, 2.75) is 63.3 Å². The first kappa shape index (κ1) is 102. The van der Waals surface area contributed by atoms with Gasteiger partial charge < -0.3 is 46.3 Å². The molecule has 0 atom stereocenters. The molecule has 7 aromatic carbocycles. The largest absolute Gasteiger partial charge is 0.495 e. The van der Waals surface area contributed by atoms with Crippen LogP contribution < -0.4 is 41.5 Å². The van der Waals surface area contributed by atoms with Gasteiger partial charge in [0.15, 0.2) is 36.6 Å². The Morgan fingerprint density at radius 2 is 0.631 bits per heavy atom. The second-order valence-electron chi connectivity index (χ2n) is 34.6. The molecule has 0 unspecified atom stereocenters. The summed E-state index contributed by atoms with van der Waals surface area (Å²) < 4.78 is 19.3. The van der Waals surface area contributed by atoms with Crippen LogP contribution in [-0.2, 0) is 11.8 Å². The fraction of sp³-hybridized carbons (Fsp3) is 0.130. The number of morpholine rings is 1. The van der Waals surface area contributed by atoms with Crippen LogP contribution in [0.1, 0.15) is 54.1 Å². The maximum absolute atomic E-state index is 5.40. The number of aromatic nitrogens is 19. The van der Waals surface area contributed by atoms with E-state index in [0.717, 1.165) is 249 Å². The van der Waals surface area contributed by atoms with Gasteiger partial charge in [-0.3, -0.25) is 44.6 Å².